The maximum absolute atomic E-state index is 5.06. The SMILES string of the molecule is CSCN1C=CCC1=S. The van der Waals surface area contributed by atoms with Crippen LogP contribution in [0.15, 0.2) is 12.3 Å². The molecule has 0 aromatic rings. The number of hydrogen-bond donors (Lipinski definition) is 0. The van der Waals surface area contributed by atoms with Crippen LogP contribution in [0.25, 0.3) is 0 Å². The Balaban J connectivity index is 2.40. The molecule has 0 fully saturated rings. The van der Waals surface area contributed by atoms with Gasteiger partial charge >= 0.3 is 0 Å². The first-order chi connectivity index (χ1) is 4.34. The summed E-state index contributed by atoms with van der Waals surface area (Å²) < 4.78 is 0. The topological polar surface area (TPSA) is 3.24 Å². The van der Waals surface area contributed by atoms with E-state index in [4.69, 9.17) is 12.2 Å². The molecule has 1 aliphatic heterocycles. The van der Waals surface area contributed by atoms with Crippen molar-refractivity contribution in [3.05, 3.63) is 12.3 Å². The van der Waals surface area contributed by atoms with Crippen LogP contribution in [0.3, 0.4) is 0 Å². The van der Waals surface area contributed by atoms with Crippen LogP contribution in [0.5, 0.6) is 0 Å². The molecule has 0 bridgehead atoms. The summed E-state index contributed by atoms with van der Waals surface area (Å²) in [6.07, 6.45) is 7.18. The fourth-order valence-corrected chi connectivity index (χ4v) is 1.56. The molecule has 0 N–H and O–H groups in total. The fourth-order valence-electron chi connectivity index (χ4n) is 0.735. The van der Waals surface area contributed by atoms with Crippen molar-refractivity contribution in [3.8, 4) is 0 Å². The summed E-state index contributed by atoms with van der Waals surface area (Å²) in [5.41, 5.74) is 0. The predicted octanol–water partition coefficient (Wildman–Crippen LogP) is 1.85. The van der Waals surface area contributed by atoms with E-state index in [-0.39, 0.29) is 0 Å². The largest absolute Gasteiger partial charge is 0.333 e. The summed E-state index contributed by atoms with van der Waals surface area (Å²) in [5, 5.41) is 0. The van der Waals surface area contributed by atoms with Gasteiger partial charge in [-0.2, -0.15) is 0 Å². The molecule has 1 nitrogen and oxygen atoms in total. The molecule has 0 aromatic carbocycles. The smallest absolute Gasteiger partial charge is 0.0865 e. The van der Waals surface area contributed by atoms with Crippen molar-refractivity contribution in [2.75, 3.05) is 12.1 Å². The second kappa shape index (κ2) is 3.22. The molecule has 50 valence electrons. The minimum absolute atomic E-state index is 0.954. The second-order valence-corrected chi connectivity index (χ2v) is 3.18. The maximum Gasteiger partial charge on any atom is 0.0865 e. The second-order valence-electron chi connectivity index (χ2n) is 1.87. The lowest BCUT2D eigenvalue weighted by Crippen LogP contribution is -2.17. The standard InChI is InChI=1S/C6H9NS2/c1-9-5-7-4-2-3-6(7)8/h2,4H,3,5H2,1H3. The summed E-state index contributed by atoms with van der Waals surface area (Å²) in [6, 6.07) is 0. The van der Waals surface area contributed by atoms with E-state index in [0.717, 1.165) is 17.3 Å². The van der Waals surface area contributed by atoms with Gasteiger partial charge in [0, 0.05) is 12.6 Å². The Bertz CT molecular complexity index is 142. The Labute approximate surface area is 65.1 Å². The minimum Gasteiger partial charge on any atom is -0.333 e. The van der Waals surface area contributed by atoms with Crippen molar-refractivity contribution in [2.45, 2.75) is 6.42 Å². The van der Waals surface area contributed by atoms with Gasteiger partial charge in [0.05, 0.1) is 10.9 Å². The van der Waals surface area contributed by atoms with Crippen LogP contribution in [0, 0.1) is 0 Å². The average molecular weight is 159 g/mol. The molecule has 0 aliphatic carbocycles. The van der Waals surface area contributed by atoms with Gasteiger partial charge in [0.25, 0.3) is 0 Å². The Morgan fingerprint density at radius 3 is 3.11 bits per heavy atom. The van der Waals surface area contributed by atoms with Crippen LogP contribution in [0.1, 0.15) is 6.42 Å². The van der Waals surface area contributed by atoms with Crippen molar-refractivity contribution in [3.63, 3.8) is 0 Å². The highest BCUT2D eigenvalue weighted by atomic mass is 32.2. The van der Waals surface area contributed by atoms with Crippen LogP contribution in [-0.4, -0.2) is 22.0 Å². The van der Waals surface area contributed by atoms with Gasteiger partial charge < -0.3 is 4.90 Å². The van der Waals surface area contributed by atoms with Gasteiger partial charge in [-0.05, 0) is 6.26 Å². The zero-order valence-corrected chi connectivity index (χ0v) is 6.97. The van der Waals surface area contributed by atoms with Gasteiger partial charge in [-0.3, -0.25) is 0 Å². The molecular formula is C6H9NS2. The predicted molar refractivity (Wildman–Crippen MR) is 46.6 cm³/mol. The number of rotatable bonds is 2. The third-order valence-corrected chi connectivity index (χ3v) is 2.10. The van der Waals surface area contributed by atoms with Crippen molar-refractivity contribution in [1.29, 1.82) is 0 Å². The molecule has 9 heavy (non-hydrogen) atoms. The van der Waals surface area contributed by atoms with E-state index >= 15 is 0 Å². The first-order valence-electron chi connectivity index (χ1n) is 2.79. The summed E-state index contributed by atoms with van der Waals surface area (Å²) in [5.74, 6) is 0.995. The summed E-state index contributed by atoms with van der Waals surface area (Å²) in [7, 11) is 0. The van der Waals surface area contributed by atoms with Gasteiger partial charge in [0.2, 0.25) is 0 Å². The highest BCUT2D eigenvalue weighted by Gasteiger charge is 2.08. The molecule has 0 amide bonds. The summed E-state index contributed by atoms with van der Waals surface area (Å²) in [6.45, 7) is 0. The van der Waals surface area contributed by atoms with Crippen molar-refractivity contribution < 1.29 is 0 Å². The molecule has 0 spiro atoms. The molecule has 0 unspecified atom stereocenters. The average Bonchev–Trinajstić information content (AvgIpc) is 2.18. The van der Waals surface area contributed by atoms with E-state index in [2.05, 4.69) is 23.4 Å². The highest BCUT2D eigenvalue weighted by Crippen LogP contribution is 2.10. The molecule has 0 radical (unpaired) electrons. The minimum atomic E-state index is 0.954. The van der Waals surface area contributed by atoms with Crippen molar-refractivity contribution >= 4 is 29.0 Å². The molecule has 0 aromatic heterocycles. The number of hydrogen-bond acceptors (Lipinski definition) is 2. The van der Waals surface area contributed by atoms with E-state index in [1.165, 1.54) is 0 Å². The lowest BCUT2D eigenvalue weighted by molar-refractivity contribution is 0.687. The van der Waals surface area contributed by atoms with E-state index < -0.39 is 0 Å². The van der Waals surface area contributed by atoms with Gasteiger partial charge in [-0.25, -0.2) is 0 Å². The van der Waals surface area contributed by atoms with Crippen LogP contribution < -0.4 is 0 Å². The quantitative estimate of drug-likeness (QED) is 0.566. The van der Waals surface area contributed by atoms with E-state index in [1.54, 1.807) is 11.8 Å². The first kappa shape index (κ1) is 7.09. The van der Waals surface area contributed by atoms with Crippen LogP contribution in [0.2, 0.25) is 0 Å². The molecular weight excluding hydrogens is 150 g/mol. The Morgan fingerprint density at radius 2 is 2.67 bits per heavy atom. The van der Waals surface area contributed by atoms with Gasteiger partial charge in [0.1, 0.15) is 0 Å². The van der Waals surface area contributed by atoms with Crippen LogP contribution in [-0.2, 0) is 0 Å². The third-order valence-electron chi connectivity index (χ3n) is 1.17. The van der Waals surface area contributed by atoms with Crippen LogP contribution in [0.4, 0.5) is 0 Å². The molecule has 0 saturated heterocycles. The molecule has 1 aliphatic rings. The number of thiocarbonyl (C=S) groups is 1. The Morgan fingerprint density at radius 1 is 1.89 bits per heavy atom. The van der Waals surface area contributed by atoms with E-state index in [9.17, 15) is 0 Å². The van der Waals surface area contributed by atoms with Gasteiger partial charge in [-0.15, -0.1) is 11.8 Å². The fraction of sp³-hybridized carbons (Fsp3) is 0.500. The molecule has 1 rings (SSSR count). The van der Waals surface area contributed by atoms with Gasteiger partial charge in [0.15, 0.2) is 0 Å². The monoisotopic (exact) mass is 159 g/mol. The maximum atomic E-state index is 5.06. The normalized spacial score (nSPS) is 17.4. The van der Waals surface area contributed by atoms with Crippen molar-refractivity contribution in [2.24, 2.45) is 0 Å². The van der Waals surface area contributed by atoms with Crippen LogP contribution >= 0.6 is 24.0 Å². The van der Waals surface area contributed by atoms with Gasteiger partial charge in [-0.1, -0.05) is 18.3 Å². The lowest BCUT2D eigenvalue weighted by Gasteiger charge is -2.12. The number of nitrogens with zero attached hydrogens (tertiary/aromatic N) is 1. The van der Waals surface area contributed by atoms with E-state index in [1.807, 2.05) is 0 Å². The Hall–Kier alpha value is -0.0200. The zero-order valence-electron chi connectivity index (χ0n) is 5.33. The summed E-state index contributed by atoms with van der Waals surface area (Å²) >= 11 is 6.85. The molecule has 1 heterocycles. The highest BCUT2D eigenvalue weighted by molar-refractivity contribution is 7.98. The third kappa shape index (κ3) is 1.69. The molecule has 0 saturated carbocycles. The van der Waals surface area contributed by atoms with E-state index in [0.29, 0.717) is 0 Å². The summed E-state index contributed by atoms with van der Waals surface area (Å²) in [4.78, 5) is 3.14. The lowest BCUT2D eigenvalue weighted by atomic mass is 10.5. The zero-order chi connectivity index (χ0) is 6.69. The first-order valence-corrected chi connectivity index (χ1v) is 4.60. The van der Waals surface area contributed by atoms with Crippen molar-refractivity contribution in [1.82, 2.24) is 4.90 Å². The molecule has 0 atom stereocenters. The Kier molecular flexibility index (Phi) is 2.54. The number of thioether (sulfide) groups is 1. The molecule has 3 heteroatoms.